The molecule has 0 aromatic heterocycles. The number of halogens is 2. The number of benzene rings is 2. The molecule has 2 aromatic carbocycles. The first-order valence-electron chi connectivity index (χ1n) is 9.65. The van der Waals surface area contributed by atoms with Gasteiger partial charge in [-0.15, -0.1) is 0 Å². The number of rotatable bonds is 9. The summed E-state index contributed by atoms with van der Waals surface area (Å²) in [4.78, 5) is 12.2. The first kappa shape index (κ1) is 19.4. The number of amides is 1. The minimum atomic E-state index is -0.0485. The molecule has 0 heterocycles. The maximum absolute atomic E-state index is 12.2. The van der Waals surface area contributed by atoms with Crippen molar-refractivity contribution in [2.24, 2.45) is 5.41 Å². The molecule has 0 atom stereocenters. The molecule has 4 nitrogen and oxygen atoms in total. The predicted molar refractivity (Wildman–Crippen MR) is 113 cm³/mol. The molecule has 3 saturated carbocycles. The van der Waals surface area contributed by atoms with Gasteiger partial charge in [0.05, 0.1) is 0 Å². The van der Waals surface area contributed by atoms with Crippen LogP contribution in [0.2, 0.25) is 10.0 Å². The van der Waals surface area contributed by atoms with E-state index in [1.54, 1.807) is 24.3 Å². The zero-order valence-corrected chi connectivity index (χ0v) is 17.2. The Balaban J connectivity index is 1.12. The molecule has 148 valence electrons. The van der Waals surface area contributed by atoms with Crippen molar-refractivity contribution in [2.75, 3.05) is 18.5 Å². The fraction of sp³-hybridized carbons (Fsp3) is 0.409. The number of nitrogens with one attached hydrogen (secondary N) is 2. The number of carbonyl (C=O) groups excluding carboxylic acids is 1. The van der Waals surface area contributed by atoms with E-state index in [1.165, 1.54) is 6.42 Å². The van der Waals surface area contributed by atoms with Gasteiger partial charge in [-0.25, -0.2) is 0 Å². The molecule has 0 unspecified atom stereocenters. The Morgan fingerprint density at radius 2 is 1.57 bits per heavy atom. The number of ether oxygens (including phenoxy) is 1. The molecule has 3 fully saturated rings. The van der Waals surface area contributed by atoms with E-state index >= 15 is 0 Å². The van der Waals surface area contributed by atoms with Crippen LogP contribution in [0, 0.1) is 5.41 Å². The Hall–Kier alpha value is -1.91. The highest BCUT2D eigenvalue weighted by Gasteiger charge is 2.67. The fourth-order valence-electron chi connectivity index (χ4n) is 4.67. The summed E-state index contributed by atoms with van der Waals surface area (Å²) >= 11 is 11.7. The average Bonchev–Trinajstić information content (AvgIpc) is 2.63. The normalized spacial score (nSPS) is 24.6. The summed E-state index contributed by atoms with van der Waals surface area (Å²) in [7, 11) is 0. The van der Waals surface area contributed by atoms with Crippen LogP contribution in [0.3, 0.4) is 0 Å². The molecule has 2 aromatic rings. The Labute approximate surface area is 175 Å². The van der Waals surface area contributed by atoms with Gasteiger partial charge in [-0.05, 0) is 86.1 Å². The number of hydrogen-bond acceptors (Lipinski definition) is 3. The highest BCUT2D eigenvalue weighted by atomic mass is 35.5. The van der Waals surface area contributed by atoms with E-state index in [0.717, 1.165) is 42.9 Å². The Morgan fingerprint density at radius 3 is 2.21 bits per heavy atom. The monoisotopic (exact) mass is 418 g/mol. The molecular weight excluding hydrogens is 395 g/mol. The van der Waals surface area contributed by atoms with Gasteiger partial charge in [0.15, 0.2) is 6.61 Å². The Bertz CT molecular complexity index is 817. The predicted octanol–water partition coefficient (Wildman–Crippen LogP) is 5.30. The third-order valence-electron chi connectivity index (χ3n) is 5.79. The first-order chi connectivity index (χ1) is 13.5. The summed E-state index contributed by atoms with van der Waals surface area (Å²) in [6.45, 7) is 0.999. The fourth-order valence-corrected chi connectivity index (χ4v) is 4.92. The molecule has 6 heteroatoms. The lowest BCUT2D eigenvalue weighted by atomic mass is 9.38. The number of hydrogen-bond donors (Lipinski definition) is 2. The summed E-state index contributed by atoms with van der Waals surface area (Å²) < 4.78 is 5.52. The van der Waals surface area contributed by atoms with Crippen LogP contribution in [0.4, 0.5) is 5.69 Å². The lowest BCUT2D eigenvalue weighted by Crippen LogP contribution is -2.74. The van der Waals surface area contributed by atoms with E-state index < -0.39 is 0 Å². The van der Waals surface area contributed by atoms with Gasteiger partial charge in [-0.1, -0.05) is 23.2 Å². The second-order valence-electron chi connectivity index (χ2n) is 8.14. The minimum absolute atomic E-state index is 0.0179. The quantitative estimate of drug-likeness (QED) is 0.542. The van der Waals surface area contributed by atoms with E-state index in [-0.39, 0.29) is 18.1 Å². The smallest absolute Gasteiger partial charge is 0.258 e. The third-order valence-corrected chi connectivity index (χ3v) is 6.29. The number of carbonyl (C=O) groups is 1. The van der Waals surface area contributed by atoms with Gasteiger partial charge < -0.3 is 15.4 Å². The molecular formula is C22H24Cl2N2O2. The van der Waals surface area contributed by atoms with E-state index in [4.69, 9.17) is 27.9 Å². The van der Waals surface area contributed by atoms with E-state index in [0.29, 0.717) is 16.2 Å². The van der Waals surface area contributed by atoms with Crippen LogP contribution in [0.25, 0.3) is 0 Å². The Morgan fingerprint density at radius 1 is 0.964 bits per heavy atom. The largest absolute Gasteiger partial charge is 0.484 e. The second kappa shape index (κ2) is 7.84. The van der Waals surface area contributed by atoms with Crippen molar-refractivity contribution in [3.63, 3.8) is 0 Å². The molecule has 5 rings (SSSR count). The zero-order chi connectivity index (χ0) is 19.6. The van der Waals surface area contributed by atoms with Gasteiger partial charge in [0.2, 0.25) is 0 Å². The second-order valence-corrected chi connectivity index (χ2v) is 9.01. The van der Waals surface area contributed by atoms with E-state index in [9.17, 15) is 4.79 Å². The van der Waals surface area contributed by atoms with Gasteiger partial charge in [0, 0.05) is 27.8 Å². The van der Waals surface area contributed by atoms with Crippen molar-refractivity contribution >= 4 is 34.8 Å². The van der Waals surface area contributed by atoms with E-state index in [2.05, 4.69) is 10.6 Å². The molecule has 2 bridgehead atoms. The lowest BCUT2D eigenvalue weighted by molar-refractivity contribution is -0.169. The molecule has 2 N–H and O–H groups in total. The SMILES string of the molecule is O=C(COc1ccc(Cl)cc1)NC12CC(CCCNc3ccc(Cl)cc3)(C1)C2. The van der Waals surface area contributed by atoms with Crippen molar-refractivity contribution in [3.05, 3.63) is 58.6 Å². The molecule has 0 spiro atoms. The summed E-state index contributed by atoms with van der Waals surface area (Å²) in [5, 5.41) is 8.01. The van der Waals surface area contributed by atoms with Crippen LogP contribution in [-0.4, -0.2) is 24.6 Å². The van der Waals surface area contributed by atoms with Crippen LogP contribution in [0.15, 0.2) is 48.5 Å². The first-order valence-corrected chi connectivity index (χ1v) is 10.4. The van der Waals surface area contributed by atoms with Gasteiger partial charge in [-0.3, -0.25) is 4.79 Å². The van der Waals surface area contributed by atoms with Crippen molar-refractivity contribution in [2.45, 2.75) is 37.6 Å². The van der Waals surface area contributed by atoms with E-state index in [1.807, 2.05) is 24.3 Å². The van der Waals surface area contributed by atoms with Crippen molar-refractivity contribution < 1.29 is 9.53 Å². The third kappa shape index (κ3) is 4.39. The van der Waals surface area contributed by atoms with Crippen LogP contribution in [0.5, 0.6) is 5.75 Å². The molecule has 0 aliphatic heterocycles. The minimum Gasteiger partial charge on any atom is -0.484 e. The average molecular weight is 419 g/mol. The standard InChI is InChI=1S/C22H24Cl2N2O2/c23-16-2-6-18(7-3-16)25-11-1-10-21-13-22(14-21,15-21)26-20(27)12-28-19-8-4-17(24)5-9-19/h2-9,25H,1,10-15H2,(H,26,27). The summed E-state index contributed by atoms with van der Waals surface area (Å²) in [6.07, 6.45) is 5.60. The highest BCUT2D eigenvalue weighted by Crippen LogP contribution is 2.69. The maximum Gasteiger partial charge on any atom is 0.258 e. The molecule has 0 saturated heterocycles. The van der Waals surface area contributed by atoms with Gasteiger partial charge >= 0.3 is 0 Å². The summed E-state index contributed by atoms with van der Waals surface area (Å²) in [5.41, 5.74) is 1.56. The molecule has 0 radical (unpaired) electrons. The molecule has 3 aliphatic carbocycles. The molecule has 1 amide bonds. The van der Waals surface area contributed by atoms with Crippen LogP contribution in [-0.2, 0) is 4.79 Å². The van der Waals surface area contributed by atoms with Crippen LogP contribution < -0.4 is 15.4 Å². The highest BCUT2D eigenvalue weighted by molar-refractivity contribution is 6.30. The summed E-state index contributed by atoms with van der Waals surface area (Å²) in [5.74, 6) is 0.606. The van der Waals surface area contributed by atoms with Crippen LogP contribution >= 0.6 is 23.2 Å². The lowest BCUT2D eigenvalue weighted by Gasteiger charge is -2.71. The van der Waals surface area contributed by atoms with Gasteiger partial charge in [-0.2, -0.15) is 0 Å². The van der Waals surface area contributed by atoms with Crippen molar-refractivity contribution in [3.8, 4) is 5.75 Å². The maximum atomic E-state index is 12.2. The van der Waals surface area contributed by atoms with Crippen molar-refractivity contribution in [1.82, 2.24) is 5.32 Å². The summed E-state index contributed by atoms with van der Waals surface area (Å²) in [6, 6.07) is 14.8. The molecule has 28 heavy (non-hydrogen) atoms. The topological polar surface area (TPSA) is 50.4 Å². The molecule has 3 aliphatic rings. The number of anilines is 1. The van der Waals surface area contributed by atoms with Gasteiger partial charge in [0.1, 0.15) is 5.75 Å². The zero-order valence-electron chi connectivity index (χ0n) is 15.6. The van der Waals surface area contributed by atoms with Crippen molar-refractivity contribution in [1.29, 1.82) is 0 Å². The van der Waals surface area contributed by atoms with Gasteiger partial charge in [0.25, 0.3) is 5.91 Å². The Kier molecular flexibility index (Phi) is 5.44. The van der Waals surface area contributed by atoms with Crippen LogP contribution in [0.1, 0.15) is 32.1 Å².